The van der Waals surface area contributed by atoms with E-state index in [1.165, 1.54) is 19.3 Å². The summed E-state index contributed by atoms with van der Waals surface area (Å²) in [4.78, 5) is 19.5. The highest BCUT2D eigenvalue weighted by atomic mass is 16.5. The minimum absolute atomic E-state index is 0.0859. The maximum absolute atomic E-state index is 12.6. The van der Waals surface area contributed by atoms with Crippen molar-refractivity contribution in [1.29, 1.82) is 0 Å². The summed E-state index contributed by atoms with van der Waals surface area (Å²) in [5.41, 5.74) is 1.94. The molecule has 1 amide bonds. The molecule has 1 unspecified atom stereocenters. The van der Waals surface area contributed by atoms with Crippen LogP contribution in [0.2, 0.25) is 0 Å². The van der Waals surface area contributed by atoms with Gasteiger partial charge in [0.05, 0.1) is 18.9 Å². The molecule has 1 saturated heterocycles. The van der Waals surface area contributed by atoms with Crippen LogP contribution in [0.25, 0.3) is 5.65 Å². The molecular weight excluding hydrogens is 316 g/mol. The predicted octanol–water partition coefficient (Wildman–Crippen LogP) is 1.49. The zero-order valence-electron chi connectivity index (χ0n) is 14.6. The van der Waals surface area contributed by atoms with Crippen LogP contribution in [0.5, 0.6) is 0 Å². The molecule has 6 heteroatoms. The summed E-state index contributed by atoms with van der Waals surface area (Å²) < 4.78 is 7.56. The van der Waals surface area contributed by atoms with Crippen molar-refractivity contribution in [2.24, 2.45) is 5.92 Å². The quantitative estimate of drug-likeness (QED) is 0.864. The van der Waals surface area contributed by atoms with E-state index < -0.39 is 0 Å². The van der Waals surface area contributed by atoms with Crippen LogP contribution in [0.1, 0.15) is 25.0 Å². The van der Waals surface area contributed by atoms with Crippen LogP contribution < -0.4 is 5.32 Å². The molecule has 2 aromatic rings. The molecule has 0 spiro atoms. The normalized spacial score (nSPS) is 22.0. The lowest BCUT2D eigenvalue weighted by molar-refractivity contribution is -0.133. The van der Waals surface area contributed by atoms with Gasteiger partial charge in [-0.25, -0.2) is 4.98 Å². The van der Waals surface area contributed by atoms with Crippen molar-refractivity contribution in [2.75, 3.05) is 32.8 Å². The molecule has 0 aromatic carbocycles. The first-order valence-electron chi connectivity index (χ1n) is 9.32. The van der Waals surface area contributed by atoms with Crippen LogP contribution in [0, 0.1) is 5.92 Å². The van der Waals surface area contributed by atoms with Gasteiger partial charge >= 0.3 is 0 Å². The van der Waals surface area contributed by atoms with Crippen molar-refractivity contribution in [1.82, 2.24) is 19.6 Å². The third-order valence-corrected chi connectivity index (χ3v) is 5.35. The Morgan fingerprint density at radius 2 is 2.28 bits per heavy atom. The summed E-state index contributed by atoms with van der Waals surface area (Å²) in [6.45, 7) is 3.75. The second kappa shape index (κ2) is 7.54. The predicted molar refractivity (Wildman–Crippen MR) is 95.4 cm³/mol. The molecular formula is C19H26N4O2. The van der Waals surface area contributed by atoms with E-state index in [9.17, 15) is 4.79 Å². The van der Waals surface area contributed by atoms with Gasteiger partial charge in [-0.2, -0.15) is 0 Å². The van der Waals surface area contributed by atoms with Gasteiger partial charge in [-0.1, -0.05) is 12.5 Å². The monoisotopic (exact) mass is 342 g/mol. The number of aromatic nitrogens is 2. The number of nitrogens with zero attached hydrogens (tertiary/aromatic N) is 3. The van der Waals surface area contributed by atoms with Gasteiger partial charge in [0.15, 0.2) is 0 Å². The number of amides is 1. The number of nitrogens with one attached hydrogen (secondary N) is 1. The molecule has 1 aliphatic heterocycles. The molecule has 25 heavy (non-hydrogen) atoms. The first-order valence-corrected chi connectivity index (χ1v) is 9.32. The van der Waals surface area contributed by atoms with Gasteiger partial charge < -0.3 is 14.5 Å². The van der Waals surface area contributed by atoms with Crippen LogP contribution in [0.3, 0.4) is 0 Å². The lowest BCUT2D eigenvalue weighted by atomic mass is 9.84. The topological polar surface area (TPSA) is 58.9 Å². The average Bonchev–Trinajstić information content (AvgIpc) is 3.01. The van der Waals surface area contributed by atoms with Crippen molar-refractivity contribution in [3.63, 3.8) is 0 Å². The first kappa shape index (κ1) is 16.5. The number of carbonyl (C=O) groups excluding carboxylic acids is 1. The van der Waals surface area contributed by atoms with Crippen LogP contribution in [-0.2, 0) is 16.0 Å². The van der Waals surface area contributed by atoms with Gasteiger partial charge in [0.1, 0.15) is 11.7 Å². The number of hydrogen-bond acceptors (Lipinski definition) is 4. The van der Waals surface area contributed by atoms with Crippen LogP contribution >= 0.6 is 0 Å². The number of hydrogen-bond donors (Lipinski definition) is 1. The summed E-state index contributed by atoms with van der Waals surface area (Å²) in [6.07, 6.45) is 8.70. The molecule has 6 nitrogen and oxygen atoms in total. The van der Waals surface area contributed by atoms with Gasteiger partial charge in [0.25, 0.3) is 0 Å². The lowest BCUT2D eigenvalue weighted by Crippen LogP contribution is -2.55. The molecule has 2 fully saturated rings. The zero-order valence-corrected chi connectivity index (χ0v) is 14.6. The van der Waals surface area contributed by atoms with E-state index in [1.54, 1.807) is 0 Å². The highest BCUT2D eigenvalue weighted by molar-refractivity contribution is 5.82. The molecule has 4 rings (SSSR count). The number of morpholine rings is 1. The lowest BCUT2D eigenvalue weighted by Gasteiger charge is -2.39. The maximum Gasteiger partial charge on any atom is 0.239 e. The summed E-state index contributed by atoms with van der Waals surface area (Å²) in [6, 6.07) is 5.81. The Morgan fingerprint density at radius 1 is 1.36 bits per heavy atom. The number of imidazole rings is 1. The Hall–Kier alpha value is -1.92. The first-order chi connectivity index (χ1) is 12.3. The Balaban J connectivity index is 1.29. The Kier molecular flexibility index (Phi) is 4.99. The number of carbonyl (C=O) groups is 1. The van der Waals surface area contributed by atoms with Crippen LogP contribution in [0.4, 0.5) is 0 Å². The van der Waals surface area contributed by atoms with E-state index in [2.05, 4.69) is 15.2 Å². The Bertz CT molecular complexity index is 692. The van der Waals surface area contributed by atoms with E-state index in [1.807, 2.05) is 35.0 Å². The summed E-state index contributed by atoms with van der Waals surface area (Å²) in [7, 11) is 0. The molecule has 1 saturated carbocycles. The fourth-order valence-corrected chi connectivity index (χ4v) is 3.64. The highest BCUT2D eigenvalue weighted by Crippen LogP contribution is 2.28. The van der Waals surface area contributed by atoms with E-state index in [0.717, 1.165) is 43.4 Å². The largest absolute Gasteiger partial charge is 0.378 e. The second-order valence-corrected chi connectivity index (χ2v) is 7.12. The van der Waals surface area contributed by atoms with E-state index in [4.69, 9.17) is 4.74 Å². The summed E-state index contributed by atoms with van der Waals surface area (Å²) in [5, 5.41) is 3.07. The van der Waals surface area contributed by atoms with Crippen molar-refractivity contribution >= 4 is 11.6 Å². The van der Waals surface area contributed by atoms with Gasteiger partial charge in [-0.05, 0) is 30.9 Å². The van der Waals surface area contributed by atoms with Gasteiger partial charge in [0, 0.05) is 38.4 Å². The van der Waals surface area contributed by atoms with Crippen LogP contribution in [0.15, 0.2) is 30.6 Å². The SMILES string of the molecule is O=C(NCCc1cn2ccccc2n1)C1COCCN1CC1CCC1. The van der Waals surface area contributed by atoms with Crippen molar-refractivity contribution in [3.05, 3.63) is 36.3 Å². The molecule has 3 heterocycles. The molecule has 2 aromatic heterocycles. The molecule has 1 atom stereocenters. The van der Waals surface area contributed by atoms with Gasteiger partial charge in [0.2, 0.25) is 5.91 Å². The molecule has 0 bridgehead atoms. The summed E-state index contributed by atoms with van der Waals surface area (Å²) in [5.74, 6) is 0.856. The van der Waals surface area contributed by atoms with Crippen molar-refractivity contribution in [3.8, 4) is 0 Å². The summed E-state index contributed by atoms with van der Waals surface area (Å²) >= 11 is 0. The second-order valence-electron chi connectivity index (χ2n) is 7.12. The van der Waals surface area contributed by atoms with Crippen molar-refractivity contribution < 1.29 is 9.53 Å². The molecule has 134 valence electrons. The highest BCUT2D eigenvalue weighted by Gasteiger charge is 2.32. The molecule has 2 aliphatic rings. The van der Waals surface area contributed by atoms with Crippen molar-refractivity contribution in [2.45, 2.75) is 31.7 Å². The Morgan fingerprint density at radius 3 is 3.08 bits per heavy atom. The van der Waals surface area contributed by atoms with Gasteiger partial charge in [-0.15, -0.1) is 0 Å². The minimum Gasteiger partial charge on any atom is -0.378 e. The number of pyridine rings is 1. The third kappa shape index (κ3) is 3.85. The zero-order chi connectivity index (χ0) is 17.1. The van der Waals surface area contributed by atoms with E-state index >= 15 is 0 Å². The minimum atomic E-state index is -0.143. The third-order valence-electron chi connectivity index (χ3n) is 5.35. The van der Waals surface area contributed by atoms with E-state index in [0.29, 0.717) is 13.2 Å². The average molecular weight is 342 g/mol. The smallest absolute Gasteiger partial charge is 0.239 e. The number of rotatable bonds is 6. The number of fused-ring (bicyclic) bond motifs is 1. The van der Waals surface area contributed by atoms with Crippen LogP contribution in [-0.4, -0.2) is 59.1 Å². The molecule has 0 radical (unpaired) electrons. The fraction of sp³-hybridized carbons (Fsp3) is 0.579. The maximum atomic E-state index is 12.6. The number of ether oxygens (including phenoxy) is 1. The molecule has 1 N–H and O–H groups in total. The van der Waals surface area contributed by atoms with Gasteiger partial charge in [-0.3, -0.25) is 9.69 Å². The molecule has 1 aliphatic carbocycles. The van der Waals surface area contributed by atoms with E-state index in [-0.39, 0.29) is 11.9 Å². The standard InChI is InChI=1S/C19H26N4O2/c24-19(17-14-25-11-10-22(17)12-15-4-3-5-15)20-8-7-16-13-23-9-2-1-6-18(23)21-16/h1-2,6,9,13,15,17H,3-5,7-8,10-12,14H2,(H,20,24). The fourth-order valence-electron chi connectivity index (χ4n) is 3.64. The Labute approximate surface area is 148 Å².